The van der Waals surface area contributed by atoms with Crippen LogP contribution in [0.1, 0.15) is 16.7 Å². The molecule has 11 heteroatoms. The number of esters is 1. The molecule has 4 unspecified atom stereocenters. The Labute approximate surface area is 129 Å². The first-order chi connectivity index (χ1) is 10.9. The van der Waals surface area contributed by atoms with Crippen molar-refractivity contribution in [3.8, 4) is 0 Å². The molecule has 0 spiro atoms. The highest BCUT2D eigenvalue weighted by molar-refractivity contribution is 5.90. The first-order valence-corrected chi connectivity index (χ1v) is 6.61. The zero-order valence-corrected chi connectivity index (χ0v) is 11.9. The summed E-state index contributed by atoms with van der Waals surface area (Å²) in [6.45, 7) is -0.701. The van der Waals surface area contributed by atoms with Crippen LogP contribution in [0.25, 0.3) is 0 Å². The Bertz CT molecular complexity index is 661. The van der Waals surface area contributed by atoms with Gasteiger partial charge in [0, 0.05) is 12.4 Å². The molecule has 1 fully saturated rings. The van der Waals surface area contributed by atoms with Crippen molar-refractivity contribution in [1.29, 1.82) is 0 Å². The molecule has 1 amide bonds. The van der Waals surface area contributed by atoms with Crippen LogP contribution < -0.4 is 17.0 Å². The number of carbonyl (C=O) groups excluding carboxylic acids is 2. The number of nitrogens with two attached hydrogens (primary N) is 2. The Morgan fingerprint density at radius 3 is 2.70 bits per heavy atom. The van der Waals surface area contributed by atoms with Gasteiger partial charge in [0.1, 0.15) is 24.9 Å². The van der Waals surface area contributed by atoms with Gasteiger partial charge in [-0.3, -0.25) is 19.0 Å². The van der Waals surface area contributed by atoms with Crippen molar-refractivity contribution in [2.45, 2.75) is 24.5 Å². The molecule has 6 N–H and O–H groups in total. The molecule has 4 atom stereocenters. The molecule has 11 nitrogen and oxygen atoms in total. The summed E-state index contributed by atoms with van der Waals surface area (Å²) in [5, 5.41) is 19.9. The molecule has 0 aromatic carbocycles. The summed E-state index contributed by atoms with van der Waals surface area (Å²) < 4.78 is 11.0. The molecule has 0 bridgehead atoms. The third-order valence-electron chi connectivity index (χ3n) is 3.29. The normalized spacial score (nSPS) is 26.9. The molecule has 126 valence electrons. The second-order valence-electron chi connectivity index (χ2n) is 4.79. The standard InChI is InChI=1S/C12H16N4O7/c13-3-6(17)22-4-5-8(18)9(19)12(23-5)16-2-1-15-7(10(14)20)11(16)21/h1-2,5,8-9,12,18-19H,3-4,13H2,(H2,14,20). The van der Waals surface area contributed by atoms with E-state index in [1.54, 1.807) is 0 Å². The van der Waals surface area contributed by atoms with Crippen molar-refractivity contribution in [2.24, 2.45) is 11.5 Å². The number of rotatable bonds is 5. The maximum atomic E-state index is 12.1. The van der Waals surface area contributed by atoms with Crippen LogP contribution in [0.3, 0.4) is 0 Å². The number of amides is 1. The van der Waals surface area contributed by atoms with Gasteiger partial charge < -0.3 is 31.2 Å². The second-order valence-corrected chi connectivity index (χ2v) is 4.79. The number of aromatic nitrogens is 2. The highest BCUT2D eigenvalue weighted by Crippen LogP contribution is 2.28. The lowest BCUT2D eigenvalue weighted by atomic mass is 10.1. The van der Waals surface area contributed by atoms with Crippen molar-refractivity contribution < 1.29 is 29.3 Å². The Hall–Kier alpha value is -2.34. The van der Waals surface area contributed by atoms with Crippen LogP contribution in [-0.2, 0) is 14.3 Å². The van der Waals surface area contributed by atoms with Crippen molar-refractivity contribution in [3.05, 3.63) is 28.4 Å². The molecule has 0 saturated carbocycles. The van der Waals surface area contributed by atoms with Gasteiger partial charge in [0.25, 0.3) is 11.5 Å². The lowest BCUT2D eigenvalue weighted by Crippen LogP contribution is -2.38. The van der Waals surface area contributed by atoms with Gasteiger partial charge in [-0.15, -0.1) is 0 Å². The lowest BCUT2D eigenvalue weighted by molar-refractivity contribution is -0.148. The van der Waals surface area contributed by atoms with E-state index in [4.69, 9.17) is 20.9 Å². The number of carbonyl (C=O) groups is 2. The first kappa shape index (κ1) is 17.0. The Kier molecular flexibility index (Phi) is 5.05. The second kappa shape index (κ2) is 6.83. The minimum atomic E-state index is -1.49. The quantitative estimate of drug-likeness (QED) is 0.398. The molecule has 23 heavy (non-hydrogen) atoms. The van der Waals surface area contributed by atoms with E-state index in [9.17, 15) is 24.6 Å². The van der Waals surface area contributed by atoms with Gasteiger partial charge in [-0.1, -0.05) is 0 Å². The number of aliphatic hydroxyl groups excluding tert-OH is 2. The molecule has 1 saturated heterocycles. The SMILES string of the molecule is NCC(=O)OCC1OC(n2ccnc(C(N)=O)c2=O)C(O)C1O. The third kappa shape index (κ3) is 3.37. The number of aliphatic hydroxyl groups is 2. The van der Waals surface area contributed by atoms with E-state index in [2.05, 4.69) is 4.98 Å². The summed E-state index contributed by atoms with van der Waals surface area (Å²) in [5.74, 6) is -1.75. The number of nitrogens with zero attached hydrogens (tertiary/aromatic N) is 2. The van der Waals surface area contributed by atoms with Gasteiger partial charge in [-0.25, -0.2) is 4.98 Å². The fourth-order valence-corrected chi connectivity index (χ4v) is 2.12. The first-order valence-electron chi connectivity index (χ1n) is 6.61. The maximum Gasteiger partial charge on any atom is 0.319 e. The minimum Gasteiger partial charge on any atom is -0.462 e. The van der Waals surface area contributed by atoms with Crippen LogP contribution in [-0.4, -0.2) is 63.1 Å². The average molecular weight is 328 g/mol. The molecule has 2 rings (SSSR count). The Morgan fingerprint density at radius 2 is 2.09 bits per heavy atom. The number of hydrogen-bond acceptors (Lipinski definition) is 9. The highest BCUT2D eigenvalue weighted by Gasteiger charge is 2.44. The molecule has 1 aromatic rings. The third-order valence-corrected chi connectivity index (χ3v) is 3.29. The van der Waals surface area contributed by atoms with E-state index in [0.29, 0.717) is 0 Å². The van der Waals surface area contributed by atoms with E-state index < -0.39 is 47.7 Å². The van der Waals surface area contributed by atoms with Crippen LogP contribution in [0.15, 0.2) is 17.2 Å². The van der Waals surface area contributed by atoms with Gasteiger partial charge in [0.15, 0.2) is 11.9 Å². The Balaban J connectivity index is 2.21. The summed E-state index contributed by atoms with van der Waals surface area (Å²) in [7, 11) is 0. The molecule has 1 aliphatic heterocycles. The van der Waals surface area contributed by atoms with Crippen LogP contribution in [0, 0.1) is 0 Å². The Morgan fingerprint density at radius 1 is 1.39 bits per heavy atom. The van der Waals surface area contributed by atoms with Crippen LogP contribution in [0.5, 0.6) is 0 Å². The van der Waals surface area contributed by atoms with Gasteiger partial charge in [0.05, 0.1) is 6.54 Å². The highest BCUT2D eigenvalue weighted by atomic mass is 16.6. The minimum absolute atomic E-state index is 0.347. The van der Waals surface area contributed by atoms with Crippen LogP contribution >= 0.6 is 0 Å². The number of primary amides is 1. The zero-order valence-electron chi connectivity index (χ0n) is 11.9. The van der Waals surface area contributed by atoms with E-state index in [1.807, 2.05) is 0 Å². The van der Waals surface area contributed by atoms with Crippen molar-refractivity contribution >= 4 is 11.9 Å². The molecule has 2 heterocycles. The molecule has 0 radical (unpaired) electrons. The summed E-state index contributed by atoms with van der Waals surface area (Å²) in [4.78, 5) is 37.8. The van der Waals surface area contributed by atoms with Crippen LogP contribution in [0.4, 0.5) is 0 Å². The fourth-order valence-electron chi connectivity index (χ4n) is 2.12. The van der Waals surface area contributed by atoms with E-state index in [1.165, 1.54) is 6.20 Å². The van der Waals surface area contributed by atoms with Crippen molar-refractivity contribution in [1.82, 2.24) is 9.55 Å². The smallest absolute Gasteiger partial charge is 0.319 e. The summed E-state index contributed by atoms with van der Waals surface area (Å²) in [5.41, 5.74) is 8.70. The molecular weight excluding hydrogens is 312 g/mol. The van der Waals surface area contributed by atoms with Gasteiger partial charge in [-0.05, 0) is 0 Å². The molecular formula is C12H16N4O7. The fraction of sp³-hybridized carbons (Fsp3) is 0.500. The summed E-state index contributed by atoms with van der Waals surface area (Å²) in [6.07, 6.45) is -2.96. The number of hydrogen-bond donors (Lipinski definition) is 4. The predicted octanol–water partition coefficient (Wildman–Crippen LogP) is -3.54. The maximum absolute atomic E-state index is 12.1. The van der Waals surface area contributed by atoms with Crippen molar-refractivity contribution in [3.63, 3.8) is 0 Å². The predicted molar refractivity (Wildman–Crippen MR) is 73.0 cm³/mol. The van der Waals surface area contributed by atoms with Gasteiger partial charge >= 0.3 is 5.97 Å². The topological polar surface area (TPSA) is 180 Å². The summed E-state index contributed by atoms with van der Waals surface area (Å²) >= 11 is 0. The largest absolute Gasteiger partial charge is 0.462 e. The lowest BCUT2D eigenvalue weighted by Gasteiger charge is -2.17. The average Bonchev–Trinajstić information content (AvgIpc) is 2.80. The monoisotopic (exact) mass is 328 g/mol. The van der Waals surface area contributed by atoms with Crippen molar-refractivity contribution in [2.75, 3.05) is 13.2 Å². The zero-order chi connectivity index (χ0) is 17.1. The van der Waals surface area contributed by atoms with E-state index >= 15 is 0 Å². The van der Waals surface area contributed by atoms with Crippen LogP contribution in [0.2, 0.25) is 0 Å². The molecule has 1 aliphatic rings. The van der Waals surface area contributed by atoms with Gasteiger partial charge in [0.2, 0.25) is 0 Å². The van der Waals surface area contributed by atoms with E-state index in [0.717, 1.165) is 10.8 Å². The number of ether oxygens (including phenoxy) is 2. The van der Waals surface area contributed by atoms with E-state index in [-0.39, 0.29) is 13.2 Å². The molecule has 0 aliphatic carbocycles. The van der Waals surface area contributed by atoms with Gasteiger partial charge in [-0.2, -0.15) is 0 Å². The molecule has 1 aromatic heterocycles. The summed E-state index contributed by atoms with van der Waals surface area (Å²) in [6, 6.07) is 0.